The zero-order valence-corrected chi connectivity index (χ0v) is 19.7. The second-order valence-electron chi connectivity index (χ2n) is 8.68. The van der Waals surface area contributed by atoms with Gasteiger partial charge in [-0.1, -0.05) is 53.7 Å². The molecule has 0 atom stereocenters. The number of nitrogens with zero attached hydrogens (tertiary/aromatic N) is 1. The molecule has 0 fully saturated rings. The fourth-order valence-corrected chi connectivity index (χ4v) is 3.28. The van der Waals surface area contributed by atoms with Gasteiger partial charge in [0, 0.05) is 12.0 Å². The summed E-state index contributed by atoms with van der Waals surface area (Å²) in [5, 5.41) is 6.74. The van der Waals surface area contributed by atoms with E-state index in [0.29, 0.717) is 36.6 Å². The van der Waals surface area contributed by atoms with Crippen molar-refractivity contribution in [3.63, 3.8) is 0 Å². The van der Waals surface area contributed by atoms with Crippen LogP contribution in [-0.4, -0.2) is 29.4 Å². The van der Waals surface area contributed by atoms with Crippen LogP contribution in [0.4, 0.5) is 10.5 Å². The number of nitrogens with one attached hydrogen (secondary N) is 1. The van der Waals surface area contributed by atoms with Gasteiger partial charge in [0.25, 0.3) is 0 Å². The topological polar surface area (TPSA) is 90.7 Å². The Balaban J connectivity index is 1.71. The van der Waals surface area contributed by atoms with Crippen LogP contribution < -0.4 is 5.32 Å². The van der Waals surface area contributed by atoms with Crippen LogP contribution in [0.3, 0.4) is 0 Å². The van der Waals surface area contributed by atoms with Gasteiger partial charge < -0.3 is 14.0 Å². The first-order valence-electron chi connectivity index (χ1n) is 11.0. The van der Waals surface area contributed by atoms with Crippen molar-refractivity contribution in [3.8, 4) is 22.5 Å². The van der Waals surface area contributed by atoms with Crippen molar-refractivity contribution in [2.45, 2.75) is 53.1 Å². The van der Waals surface area contributed by atoms with Gasteiger partial charge in [-0.05, 0) is 57.7 Å². The number of amides is 1. The predicted octanol–water partition coefficient (Wildman–Crippen LogP) is 6.16. The lowest BCUT2D eigenvalue weighted by Gasteiger charge is -2.19. The van der Waals surface area contributed by atoms with Crippen LogP contribution in [0, 0.1) is 6.92 Å². The number of rotatable bonds is 7. The molecule has 0 aliphatic heterocycles. The Morgan fingerprint density at radius 2 is 1.55 bits per heavy atom. The van der Waals surface area contributed by atoms with Crippen molar-refractivity contribution in [1.29, 1.82) is 0 Å². The van der Waals surface area contributed by atoms with E-state index in [9.17, 15) is 9.59 Å². The minimum atomic E-state index is -0.606. The number of benzene rings is 2. The molecule has 0 unspecified atom stereocenters. The number of aryl methyl sites for hydroxylation is 2. The zero-order chi connectivity index (χ0) is 24.0. The third-order valence-electron chi connectivity index (χ3n) is 4.85. The molecule has 1 heterocycles. The van der Waals surface area contributed by atoms with Gasteiger partial charge in [-0.3, -0.25) is 10.1 Å². The molecule has 7 nitrogen and oxygen atoms in total. The minimum absolute atomic E-state index is 0.180. The van der Waals surface area contributed by atoms with E-state index in [4.69, 9.17) is 14.0 Å². The van der Waals surface area contributed by atoms with Crippen molar-refractivity contribution >= 4 is 17.7 Å². The largest absolute Gasteiger partial charge is 0.466 e. The van der Waals surface area contributed by atoms with Gasteiger partial charge in [0.1, 0.15) is 17.0 Å². The summed E-state index contributed by atoms with van der Waals surface area (Å²) in [5.74, 6) is 0.291. The summed E-state index contributed by atoms with van der Waals surface area (Å²) in [5.41, 5.74) is 4.41. The lowest BCUT2D eigenvalue weighted by molar-refractivity contribution is -0.143. The summed E-state index contributed by atoms with van der Waals surface area (Å²) >= 11 is 0. The zero-order valence-electron chi connectivity index (χ0n) is 19.7. The first kappa shape index (κ1) is 24.0. The van der Waals surface area contributed by atoms with E-state index >= 15 is 0 Å². The maximum atomic E-state index is 12.2. The summed E-state index contributed by atoms with van der Waals surface area (Å²) < 4.78 is 15.8. The Labute approximate surface area is 194 Å². The van der Waals surface area contributed by atoms with Gasteiger partial charge in [0.05, 0.1) is 6.61 Å². The predicted molar refractivity (Wildman–Crippen MR) is 127 cm³/mol. The third kappa shape index (κ3) is 6.68. The Morgan fingerprint density at radius 1 is 0.970 bits per heavy atom. The number of hydrogen-bond acceptors (Lipinski definition) is 6. The molecule has 1 N–H and O–H groups in total. The first-order valence-corrected chi connectivity index (χ1v) is 11.0. The summed E-state index contributed by atoms with van der Waals surface area (Å²) in [6.45, 7) is 9.39. The summed E-state index contributed by atoms with van der Waals surface area (Å²) in [6.07, 6.45) is 0.462. The molecule has 0 aliphatic rings. The summed E-state index contributed by atoms with van der Waals surface area (Å²) in [7, 11) is 0. The second kappa shape index (κ2) is 10.3. The smallest absolute Gasteiger partial charge is 0.412 e. The molecule has 2 aromatic carbocycles. The van der Waals surface area contributed by atoms with Crippen LogP contribution in [0.5, 0.6) is 0 Å². The lowest BCUT2D eigenvalue weighted by Crippen LogP contribution is -2.27. The van der Waals surface area contributed by atoms with Crippen molar-refractivity contribution < 1.29 is 23.6 Å². The van der Waals surface area contributed by atoms with E-state index in [2.05, 4.69) is 10.5 Å². The first-order chi connectivity index (χ1) is 15.7. The van der Waals surface area contributed by atoms with Crippen LogP contribution in [0.1, 0.15) is 45.4 Å². The molecule has 0 spiro atoms. The molecular weight excluding hydrogens is 420 g/mol. The maximum absolute atomic E-state index is 12.2. The van der Waals surface area contributed by atoms with Crippen LogP contribution in [0.2, 0.25) is 0 Å². The molecule has 3 aromatic rings. The molecule has 1 amide bonds. The Bertz CT molecular complexity index is 1090. The highest BCUT2D eigenvalue weighted by atomic mass is 16.6. The van der Waals surface area contributed by atoms with Crippen molar-refractivity contribution in [2.75, 3.05) is 11.9 Å². The number of carbonyl (C=O) groups is 2. The Kier molecular flexibility index (Phi) is 7.53. The normalized spacial score (nSPS) is 11.2. The van der Waals surface area contributed by atoms with Crippen LogP contribution in [0.25, 0.3) is 22.5 Å². The fourth-order valence-electron chi connectivity index (χ4n) is 3.28. The van der Waals surface area contributed by atoms with Crippen molar-refractivity contribution in [2.24, 2.45) is 0 Å². The monoisotopic (exact) mass is 450 g/mol. The third-order valence-corrected chi connectivity index (χ3v) is 4.85. The van der Waals surface area contributed by atoms with E-state index < -0.39 is 11.7 Å². The van der Waals surface area contributed by atoms with Gasteiger partial charge in [-0.15, -0.1) is 0 Å². The second-order valence-corrected chi connectivity index (χ2v) is 8.68. The highest BCUT2D eigenvalue weighted by Gasteiger charge is 2.21. The van der Waals surface area contributed by atoms with Crippen LogP contribution >= 0.6 is 0 Å². The Hall–Kier alpha value is -3.61. The number of carbonyl (C=O) groups excluding carboxylic acids is 2. The molecule has 0 radical (unpaired) electrons. The number of ether oxygens (including phenoxy) is 2. The highest BCUT2D eigenvalue weighted by molar-refractivity contribution is 5.91. The molecule has 0 saturated carbocycles. The van der Waals surface area contributed by atoms with Gasteiger partial charge >= 0.3 is 12.1 Å². The number of aromatic nitrogens is 1. The molecule has 0 aliphatic carbocycles. The average molecular weight is 451 g/mol. The number of anilines is 1. The fraction of sp³-hybridized carbons (Fsp3) is 0.346. The number of hydrogen-bond donors (Lipinski definition) is 1. The van der Waals surface area contributed by atoms with E-state index in [-0.39, 0.29) is 5.97 Å². The van der Waals surface area contributed by atoms with Crippen LogP contribution in [0.15, 0.2) is 53.1 Å². The molecule has 1 aromatic heterocycles. The minimum Gasteiger partial charge on any atom is -0.466 e. The quantitative estimate of drug-likeness (QED) is 0.434. The van der Waals surface area contributed by atoms with Gasteiger partial charge in [-0.2, -0.15) is 0 Å². The van der Waals surface area contributed by atoms with Crippen LogP contribution in [-0.2, 0) is 20.7 Å². The standard InChI is InChI=1S/C26H30N2O5/c1-6-31-22(29)16-9-18-7-10-19(11-8-18)20-12-14-21(15-13-20)24-23(17(2)28-33-24)27-25(30)32-26(3,4)5/h7-8,10-15H,6,9,16H2,1-5H3,(H,27,30). The van der Waals surface area contributed by atoms with Crippen molar-refractivity contribution in [3.05, 3.63) is 59.8 Å². The summed E-state index contributed by atoms with van der Waals surface area (Å²) in [6, 6.07) is 15.9. The molecule has 7 heteroatoms. The lowest BCUT2D eigenvalue weighted by atomic mass is 10.0. The average Bonchev–Trinajstić information content (AvgIpc) is 3.12. The molecule has 3 rings (SSSR count). The van der Waals surface area contributed by atoms with Gasteiger partial charge in [-0.25, -0.2) is 4.79 Å². The molecule has 174 valence electrons. The van der Waals surface area contributed by atoms with E-state index in [1.165, 1.54) is 0 Å². The maximum Gasteiger partial charge on any atom is 0.412 e. The molecule has 0 bridgehead atoms. The Morgan fingerprint density at radius 3 is 2.12 bits per heavy atom. The van der Waals surface area contributed by atoms with Gasteiger partial charge in [0.15, 0.2) is 5.76 Å². The molecule has 0 saturated heterocycles. The van der Waals surface area contributed by atoms with Crippen molar-refractivity contribution in [1.82, 2.24) is 5.16 Å². The summed E-state index contributed by atoms with van der Waals surface area (Å²) in [4.78, 5) is 23.8. The van der Waals surface area contributed by atoms with E-state index in [1.54, 1.807) is 34.6 Å². The van der Waals surface area contributed by atoms with E-state index in [1.807, 2.05) is 48.5 Å². The molecular formula is C26H30N2O5. The SMILES string of the molecule is CCOC(=O)CCc1ccc(-c2ccc(-c3onc(C)c3NC(=O)OC(C)(C)C)cc2)cc1. The highest BCUT2D eigenvalue weighted by Crippen LogP contribution is 2.33. The van der Waals surface area contributed by atoms with Gasteiger partial charge in [0.2, 0.25) is 0 Å². The van der Waals surface area contributed by atoms with E-state index in [0.717, 1.165) is 22.3 Å². The number of esters is 1. The molecule has 33 heavy (non-hydrogen) atoms.